The Hall–Kier alpha value is -4.47. The fraction of sp³-hybridized carbons (Fsp3) is 0.167. The number of hydrogen-bond donors (Lipinski definition) is 3. The molecule has 3 N–H and O–H groups in total. The van der Waals surface area contributed by atoms with Gasteiger partial charge in [-0.3, -0.25) is 19.7 Å². The average molecular weight is 460 g/mol. The van der Waals surface area contributed by atoms with Gasteiger partial charge in [0.1, 0.15) is 11.6 Å². The maximum atomic E-state index is 14.6. The largest absolute Gasteiger partial charge is 0.496 e. The minimum atomic E-state index is -0.469. The van der Waals surface area contributed by atoms with Crippen molar-refractivity contribution in [2.24, 2.45) is 0 Å². The first kappa shape index (κ1) is 21.4. The lowest BCUT2D eigenvalue weighted by Gasteiger charge is -2.28. The Bertz CT molecular complexity index is 1400. The van der Waals surface area contributed by atoms with Crippen LogP contribution in [0.3, 0.4) is 0 Å². The second-order valence-electron chi connectivity index (χ2n) is 7.78. The van der Waals surface area contributed by atoms with Gasteiger partial charge in [-0.25, -0.2) is 4.39 Å². The van der Waals surface area contributed by atoms with Crippen molar-refractivity contribution in [2.45, 2.75) is 0 Å². The van der Waals surface area contributed by atoms with Gasteiger partial charge < -0.3 is 20.3 Å². The SMILES string of the molecule is COc1cccc(F)c1-c1cc2c(NC(=O)c3cccc(N4CCNC(=O)C4)c3)n[nH]c2cn1. The number of rotatable bonds is 5. The Labute approximate surface area is 193 Å². The van der Waals surface area contributed by atoms with Crippen molar-refractivity contribution in [2.75, 3.05) is 37.0 Å². The van der Waals surface area contributed by atoms with Crippen LogP contribution in [0, 0.1) is 5.82 Å². The van der Waals surface area contributed by atoms with Crippen molar-refractivity contribution in [1.82, 2.24) is 20.5 Å². The third-order valence-corrected chi connectivity index (χ3v) is 5.64. The smallest absolute Gasteiger partial charge is 0.256 e. The predicted octanol–water partition coefficient (Wildman–Crippen LogP) is 2.96. The number of ether oxygens (including phenoxy) is 1. The lowest BCUT2D eigenvalue weighted by Crippen LogP contribution is -2.47. The van der Waals surface area contributed by atoms with Crippen LogP contribution in [0.4, 0.5) is 15.9 Å². The molecular weight excluding hydrogens is 439 g/mol. The summed E-state index contributed by atoms with van der Waals surface area (Å²) < 4.78 is 19.8. The summed E-state index contributed by atoms with van der Waals surface area (Å²) in [5.74, 6) is -0.243. The average Bonchev–Trinajstić information content (AvgIpc) is 3.25. The topological polar surface area (TPSA) is 112 Å². The summed E-state index contributed by atoms with van der Waals surface area (Å²) in [5, 5.41) is 13.2. The normalized spacial score (nSPS) is 13.6. The van der Waals surface area contributed by atoms with Crippen molar-refractivity contribution in [3.63, 3.8) is 0 Å². The van der Waals surface area contributed by atoms with E-state index in [-0.39, 0.29) is 23.9 Å². The van der Waals surface area contributed by atoms with Crippen molar-refractivity contribution in [3.05, 3.63) is 66.1 Å². The molecule has 1 fully saturated rings. The number of carbonyl (C=O) groups excluding carboxylic acids is 2. The van der Waals surface area contributed by atoms with Crippen LogP contribution in [0.15, 0.2) is 54.7 Å². The number of pyridine rings is 1. The second kappa shape index (κ2) is 8.81. The second-order valence-corrected chi connectivity index (χ2v) is 7.78. The minimum absolute atomic E-state index is 0.0556. The molecule has 10 heteroatoms. The molecular formula is C24H21FN6O3. The molecule has 0 bridgehead atoms. The van der Waals surface area contributed by atoms with E-state index in [1.54, 1.807) is 36.4 Å². The van der Waals surface area contributed by atoms with Gasteiger partial charge in [-0.05, 0) is 36.4 Å². The number of fused-ring (bicyclic) bond motifs is 1. The van der Waals surface area contributed by atoms with E-state index in [4.69, 9.17) is 4.74 Å². The van der Waals surface area contributed by atoms with Crippen molar-refractivity contribution < 1.29 is 18.7 Å². The van der Waals surface area contributed by atoms with E-state index in [0.717, 1.165) is 5.69 Å². The van der Waals surface area contributed by atoms with E-state index in [1.807, 2.05) is 11.0 Å². The molecule has 34 heavy (non-hydrogen) atoms. The number of nitrogens with zero attached hydrogens (tertiary/aromatic N) is 3. The van der Waals surface area contributed by atoms with Crippen molar-refractivity contribution >= 4 is 34.2 Å². The first-order valence-electron chi connectivity index (χ1n) is 10.6. The zero-order valence-corrected chi connectivity index (χ0v) is 18.3. The molecule has 0 atom stereocenters. The Morgan fingerprint density at radius 1 is 1.21 bits per heavy atom. The summed E-state index contributed by atoms with van der Waals surface area (Å²) in [7, 11) is 1.46. The summed E-state index contributed by atoms with van der Waals surface area (Å²) in [5.41, 5.74) is 2.37. The van der Waals surface area contributed by atoms with E-state index in [0.29, 0.717) is 46.8 Å². The first-order chi connectivity index (χ1) is 16.5. The number of halogens is 1. The van der Waals surface area contributed by atoms with Gasteiger partial charge in [0.25, 0.3) is 5.91 Å². The Morgan fingerprint density at radius 2 is 2.06 bits per heavy atom. The molecule has 1 aliphatic rings. The summed E-state index contributed by atoms with van der Waals surface area (Å²) in [6, 6.07) is 13.3. The molecule has 0 saturated carbocycles. The number of anilines is 2. The predicted molar refractivity (Wildman–Crippen MR) is 125 cm³/mol. The van der Waals surface area contributed by atoms with Gasteiger partial charge in [-0.1, -0.05) is 12.1 Å². The third-order valence-electron chi connectivity index (χ3n) is 5.64. The maximum absolute atomic E-state index is 14.6. The molecule has 0 unspecified atom stereocenters. The van der Waals surface area contributed by atoms with Crippen LogP contribution in [-0.2, 0) is 4.79 Å². The van der Waals surface area contributed by atoms with Gasteiger partial charge >= 0.3 is 0 Å². The Balaban J connectivity index is 1.44. The van der Waals surface area contributed by atoms with Crippen LogP contribution in [0.1, 0.15) is 10.4 Å². The highest BCUT2D eigenvalue weighted by Gasteiger charge is 2.19. The number of piperazine rings is 1. The fourth-order valence-electron chi connectivity index (χ4n) is 3.95. The molecule has 2 aromatic heterocycles. The molecule has 2 amide bonds. The molecule has 172 valence electrons. The highest BCUT2D eigenvalue weighted by molar-refractivity contribution is 6.08. The molecule has 4 aromatic rings. The summed E-state index contributed by atoms with van der Waals surface area (Å²) in [4.78, 5) is 31.0. The van der Waals surface area contributed by atoms with Crippen LogP contribution < -0.4 is 20.3 Å². The van der Waals surface area contributed by atoms with E-state index < -0.39 is 5.82 Å². The molecule has 1 aliphatic heterocycles. The molecule has 0 spiro atoms. The van der Waals surface area contributed by atoms with Gasteiger partial charge in [0.15, 0.2) is 5.82 Å². The summed E-state index contributed by atoms with van der Waals surface area (Å²) in [6.45, 7) is 1.46. The number of aromatic amines is 1. The number of carbonyl (C=O) groups is 2. The molecule has 2 aromatic carbocycles. The van der Waals surface area contributed by atoms with Gasteiger partial charge in [0.2, 0.25) is 5.91 Å². The molecule has 1 saturated heterocycles. The third kappa shape index (κ3) is 4.01. The summed E-state index contributed by atoms with van der Waals surface area (Å²) in [6.07, 6.45) is 1.53. The zero-order chi connectivity index (χ0) is 23.7. The molecule has 0 radical (unpaired) electrons. The van der Waals surface area contributed by atoms with Gasteiger partial charge in [0, 0.05) is 29.7 Å². The monoisotopic (exact) mass is 460 g/mol. The number of benzene rings is 2. The highest BCUT2D eigenvalue weighted by Crippen LogP contribution is 2.33. The van der Waals surface area contributed by atoms with Crippen LogP contribution in [0.5, 0.6) is 5.75 Å². The van der Waals surface area contributed by atoms with Crippen molar-refractivity contribution in [3.8, 4) is 17.0 Å². The number of methoxy groups -OCH3 is 1. The lowest BCUT2D eigenvalue weighted by atomic mass is 10.1. The zero-order valence-electron chi connectivity index (χ0n) is 18.3. The number of amides is 2. The molecule has 9 nitrogen and oxygen atoms in total. The lowest BCUT2D eigenvalue weighted by molar-refractivity contribution is -0.120. The standard InChI is InChI=1S/C24H21FN6O3/c1-34-20-7-3-6-17(25)22(20)18-11-16-19(12-27-18)29-30-23(16)28-24(33)14-4-2-5-15(10-14)31-9-8-26-21(32)13-31/h2-7,10-12H,8-9,13H2,1H3,(H,26,32)(H2,28,29,30,33). The number of hydrogen-bond acceptors (Lipinski definition) is 6. The molecule has 5 rings (SSSR count). The summed E-state index contributed by atoms with van der Waals surface area (Å²) >= 11 is 0. The maximum Gasteiger partial charge on any atom is 0.256 e. The van der Waals surface area contributed by atoms with E-state index in [2.05, 4.69) is 25.8 Å². The van der Waals surface area contributed by atoms with Gasteiger partial charge in [-0.2, -0.15) is 5.10 Å². The van der Waals surface area contributed by atoms with Crippen LogP contribution in [-0.4, -0.2) is 53.7 Å². The first-order valence-corrected chi connectivity index (χ1v) is 10.6. The van der Waals surface area contributed by atoms with Gasteiger partial charge in [0.05, 0.1) is 36.6 Å². The van der Waals surface area contributed by atoms with Gasteiger partial charge in [-0.15, -0.1) is 0 Å². The molecule has 3 heterocycles. The Morgan fingerprint density at radius 3 is 2.88 bits per heavy atom. The van der Waals surface area contributed by atoms with Crippen LogP contribution in [0.25, 0.3) is 22.2 Å². The quantitative estimate of drug-likeness (QED) is 0.422. The minimum Gasteiger partial charge on any atom is -0.496 e. The van der Waals surface area contributed by atoms with E-state index in [9.17, 15) is 14.0 Å². The number of nitrogens with one attached hydrogen (secondary N) is 3. The number of H-pyrrole nitrogens is 1. The van der Waals surface area contributed by atoms with E-state index in [1.165, 1.54) is 19.4 Å². The Kier molecular flexibility index (Phi) is 5.54. The van der Waals surface area contributed by atoms with Crippen LogP contribution in [0.2, 0.25) is 0 Å². The highest BCUT2D eigenvalue weighted by atomic mass is 19.1. The van der Waals surface area contributed by atoms with Crippen LogP contribution >= 0.6 is 0 Å². The number of aromatic nitrogens is 3. The fourth-order valence-corrected chi connectivity index (χ4v) is 3.95. The molecule has 0 aliphatic carbocycles. The van der Waals surface area contributed by atoms with Crippen molar-refractivity contribution in [1.29, 1.82) is 0 Å². The van der Waals surface area contributed by atoms with E-state index >= 15 is 0 Å².